The van der Waals surface area contributed by atoms with Crippen molar-refractivity contribution in [1.82, 2.24) is 4.72 Å². The number of halogens is 2. The van der Waals surface area contributed by atoms with Gasteiger partial charge in [-0.1, -0.05) is 0 Å². The first-order chi connectivity index (χ1) is 10.6. The molecule has 1 amide bonds. The van der Waals surface area contributed by atoms with Crippen LogP contribution < -0.4 is 4.72 Å². The van der Waals surface area contributed by atoms with Crippen LogP contribution in [0.15, 0.2) is 0 Å². The molecule has 130 valence electrons. The highest BCUT2D eigenvalue weighted by atomic mass is 32.2. The monoisotopic (exact) mass is 351 g/mol. The average molecular weight is 351 g/mol. The zero-order valence-corrected chi connectivity index (χ0v) is 13.5. The van der Waals surface area contributed by atoms with Crippen LogP contribution in [0, 0.1) is 23.2 Å². The van der Waals surface area contributed by atoms with E-state index < -0.39 is 32.6 Å². The second-order valence-electron chi connectivity index (χ2n) is 7.14. The van der Waals surface area contributed by atoms with Crippen molar-refractivity contribution < 1.29 is 31.5 Å². The van der Waals surface area contributed by atoms with Crippen molar-refractivity contribution in [3.63, 3.8) is 0 Å². The maximum absolute atomic E-state index is 13.7. The number of rotatable bonds is 4. The summed E-state index contributed by atoms with van der Waals surface area (Å²) in [6.07, 6.45) is 4.67. The van der Waals surface area contributed by atoms with E-state index in [4.69, 9.17) is 0 Å². The minimum absolute atomic E-state index is 0.357. The molecule has 9 heteroatoms. The van der Waals surface area contributed by atoms with Crippen molar-refractivity contribution in [2.45, 2.75) is 43.8 Å². The number of methoxy groups -OCH3 is 1. The van der Waals surface area contributed by atoms with Crippen LogP contribution in [-0.2, 0) is 24.3 Å². The van der Waals surface area contributed by atoms with Crippen LogP contribution in [0.1, 0.15) is 38.5 Å². The molecular formula is C14H19F2NO5S. The zero-order valence-electron chi connectivity index (χ0n) is 12.7. The van der Waals surface area contributed by atoms with Gasteiger partial charge in [-0.25, -0.2) is 9.52 Å². The number of sulfonamides is 1. The third kappa shape index (κ3) is 2.53. The molecule has 0 radical (unpaired) electrons. The molecule has 0 heterocycles. The molecule has 1 N–H and O–H groups in total. The van der Waals surface area contributed by atoms with E-state index in [0.29, 0.717) is 44.1 Å². The summed E-state index contributed by atoms with van der Waals surface area (Å²) < 4.78 is 56.1. The molecule has 4 aliphatic rings. The molecule has 0 unspecified atom stereocenters. The minimum Gasteiger partial charge on any atom is -0.464 e. The Labute approximate surface area is 133 Å². The number of ether oxygens (including phenoxy) is 1. The largest absolute Gasteiger partial charge is 0.464 e. The molecule has 0 aromatic heterocycles. The van der Waals surface area contributed by atoms with E-state index in [1.54, 1.807) is 0 Å². The van der Waals surface area contributed by atoms with Crippen LogP contribution in [0.25, 0.3) is 0 Å². The topological polar surface area (TPSA) is 89.5 Å². The first kappa shape index (κ1) is 16.6. The second-order valence-corrected chi connectivity index (χ2v) is 8.86. The Morgan fingerprint density at radius 1 is 1.09 bits per heavy atom. The minimum atomic E-state index is -5.47. The van der Waals surface area contributed by atoms with E-state index in [1.165, 1.54) is 4.72 Å². The van der Waals surface area contributed by atoms with E-state index in [1.807, 2.05) is 0 Å². The molecule has 0 saturated heterocycles. The first-order valence-electron chi connectivity index (χ1n) is 7.63. The zero-order chi connectivity index (χ0) is 17.0. The van der Waals surface area contributed by atoms with Crippen LogP contribution in [-0.4, -0.2) is 32.7 Å². The Bertz CT molecular complexity index is 610. The lowest BCUT2D eigenvalue weighted by Crippen LogP contribution is -2.57. The summed E-state index contributed by atoms with van der Waals surface area (Å²) in [6.45, 7) is 0. The fourth-order valence-corrected chi connectivity index (χ4v) is 5.80. The molecule has 0 atom stereocenters. The van der Waals surface area contributed by atoms with Crippen molar-refractivity contribution >= 4 is 21.9 Å². The molecular weight excluding hydrogens is 332 g/mol. The number of nitrogens with one attached hydrogen (secondary N) is 1. The molecule has 4 rings (SSSR count). The molecule has 0 aromatic carbocycles. The Balaban J connectivity index is 1.81. The van der Waals surface area contributed by atoms with Crippen LogP contribution in [0.3, 0.4) is 0 Å². The summed E-state index contributed by atoms with van der Waals surface area (Å²) in [5, 5.41) is -4.79. The van der Waals surface area contributed by atoms with Crippen molar-refractivity contribution in [2.75, 3.05) is 7.11 Å². The first-order valence-corrected chi connectivity index (χ1v) is 9.11. The smallest absolute Gasteiger partial charge is 0.459 e. The third-order valence-corrected chi connectivity index (χ3v) is 6.80. The average Bonchev–Trinajstić information content (AvgIpc) is 2.44. The number of carbonyl (C=O) groups is 2. The maximum atomic E-state index is 13.7. The van der Waals surface area contributed by atoms with Gasteiger partial charge in [0.15, 0.2) is 0 Å². The van der Waals surface area contributed by atoms with E-state index in [-0.39, 0.29) is 0 Å². The summed E-state index contributed by atoms with van der Waals surface area (Å²) in [4.78, 5) is 23.5. The Hall–Kier alpha value is -1.25. The summed E-state index contributed by atoms with van der Waals surface area (Å²) in [7, 11) is -4.81. The number of hydrogen-bond acceptors (Lipinski definition) is 5. The van der Waals surface area contributed by atoms with Crippen molar-refractivity contribution in [3.8, 4) is 0 Å². The van der Waals surface area contributed by atoms with Gasteiger partial charge in [0.05, 0.1) is 12.5 Å². The van der Waals surface area contributed by atoms with Crippen LogP contribution >= 0.6 is 0 Å². The van der Waals surface area contributed by atoms with E-state index in [2.05, 4.69) is 4.74 Å². The van der Waals surface area contributed by atoms with Gasteiger partial charge >= 0.3 is 21.2 Å². The number of amides is 1. The van der Waals surface area contributed by atoms with E-state index >= 15 is 0 Å². The summed E-state index contributed by atoms with van der Waals surface area (Å²) in [6, 6.07) is 0. The molecule has 4 saturated carbocycles. The van der Waals surface area contributed by atoms with Crippen LogP contribution in [0.4, 0.5) is 8.78 Å². The molecule has 23 heavy (non-hydrogen) atoms. The molecule has 4 fully saturated rings. The van der Waals surface area contributed by atoms with Gasteiger partial charge in [0.1, 0.15) is 0 Å². The maximum Gasteiger partial charge on any atom is 0.459 e. The van der Waals surface area contributed by atoms with Crippen LogP contribution in [0.5, 0.6) is 0 Å². The number of alkyl halides is 2. The van der Waals surface area contributed by atoms with Gasteiger partial charge in [-0.3, -0.25) is 4.79 Å². The number of carbonyl (C=O) groups excluding carboxylic acids is 2. The fourth-order valence-electron chi connectivity index (χ4n) is 4.91. The second kappa shape index (κ2) is 5.12. The standard InChI is InChI=1S/C14H19F2NO5S/c1-22-12(19)14(15,16)23(20,21)17-11(18)13-5-8-2-9(6-13)4-10(3-8)7-13/h8-10H,2-7H2,1H3,(H,17,18). The van der Waals surface area contributed by atoms with Gasteiger partial charge in [-0.05, 0) is 56.3 Å². The predicted molar refractivity (Wildman–Crippen MR) is 74.6 cm³/mol. The molecule has 4 aliphatic carbocycles. The van der Waals surface area contributed by atoms with Gasteiger partial charge in [-0.2, -0.15) is 17.2 Å². The van der Waals surface area contributed by atoms with Gasteiger partial charge in [0.25, 0.3) is 0 Å². The van der Waals surface area contributed by atoms with Gasteiger partial charge in [0.2, 0.25) is 5.91 Å². The van der Waals surface area contributed by atoms with Gasteiger partial charge < -0.3 is 4.74 Å². The highest BCUT2D eigenvalue weighted by Crippen LogP contribution is 2.60. The number of esters is 1. The lowest BCUT2D eigenvalue weighted by atomic mass is 9.49. The molecule has 4 bridgehead atoms. The molecule has 0 aliphatic heterocycles. The lowest BCUT2D eigenvalue weighted by Gasteiger charge is -2.55. The Morgan fingerprint density at radius 3 is 1.91 bits per heavy atom. The van der Waals surface area contributed by atoms with Crippen LogP contribution in [0.2, 0.25) is 0 Å². The highest BCUT2D eigenvalue weighted by molar-refractivity contribution is 7.91. The Kier molecular flexibility index (Phi) is 3.70. The third-order valence-electron chi connectivity index (χ3n) is 5.51. The summed E-state index contributed by atoms with van der Waals surface area (Å²) >= 11 is 0. The van der Waals surface area contributed by atoms with E-state index in [9.17, 15) is 26.8 Å². The van der Waals surface area contributed by atoms with Gasteiger partial charge in [-0.15, -0.1) is 0 Å². The SMILES string of the molecule is COC(=O)C(F)(F)S(=O)(=O)NC(=O)C12CC3CC(CC(C3)C1)C2. The predicted octanol–water partition coefficient (Wildman–Crippen LogP) is 1.41. The van der Waals surface area contributed by atoms with E-state index in [0.717, 1.165) is 19.3 Å². The van der Waals surface area contributed by atoms with Crippen molar-refractivity contribution in [3.05, 3.63) is 0 Å². The summed E-state index contributed by atoms with van der Waals surface area (Å²) in [5.41, 5.74) is -0.895. The molecule has 6 nitrogen and oxygen atoms in total. The van der Waals surface area contributed by atoms with Crippen molar-refractivity contribution in [1.29, 1.82) is 0 Å². The van der Waals surface area contributed by atoms with Crippen molar-refractivity contribution in [2.24, 2.45) is 23.2 Å². The number of hydrogen-bond donors (Lipinski definition) is 1. The quantitative estimate of drug-likeness (QED) is 0.774. The van der Waals surface area contributed by atoms with Gasteiger partial charge in [0, 0.05) is 0 Å². The highest BCUT2D eigenvalue weighted by Gasteiger charge is 2.59. The Morgan fingerprint density at radius 2 is 1.52 bits per heavy atom. The molecule has 0 spiro atoms. The fraction of sp³-hybridized carbons (Fsp3) is 0.857. The molecule has 0 aromatic rings. The normalized spacial score (nSPS) is 35.9. The summed E-state index contributed by atoms with van der Waals surface area (Å²) in [5.74, 6) is -2.04. The lowest BCUT2D eigenvalue weighted by molar-refractivity contribution is -0.157.